The van der Waals surface area contributed by atoms with E-state index < -0.39 is 0 Å². The van der Waals surface area contributed by atoms with Gasteiger partial charge >= 0.3 is 0 Å². The number of rotatable bonds is 5. The zero-order valence-electron chi connectivity index (χ0n) is 18.9. The lowest BCUT2D eigenvalue weighted by atomic mass is 10.1. The number of ether oxygens (including phenoxy) is 1. The number of benzene rings is 1. The van der Waals surface area contributed by atoms with Crippen LogP contribution in [-0.2, 0) is 11.2 Å². The van der Waals surface area contributed by atoms with Gasteiger partial charge < -0.3 is 14.5 Å². The molecule has 0 radical (unpaired) electrons. The Hall–Kier alpha value is -3.42. The third-order valence-electron chi connectivity index (χ3n) is 5.93. The van der Waals surface area contributed by atoms with Crippen molar-refractivity contribution in [1.29, 1.82) is 0 Å². The summed E-state index contributed by atoms with van der Waals surface area (Å²) in [5.74, 6) is 0.855. The topological polar surface area (TPSA) is 80.0 Å². The molecule has 0 N–H and O–H groups in total. The molecule has 0 spiro atoms. The van der Waals surface area contributed by atoms with E-state index in [0.29, 0.717) is 50.2 Å². The Kier molecular flexibility index (Phi) is 6.39. The van der Waals surface area contributed by atoms with Crippen LogP contribution in [0, 0.1) is 13.8 Å². The predicted molar refractivity (Wildman–Crippen MR) is 121 cm³/mol. The number of methoxy groups -OCH3 is 1. The minimum Gasteiger partial charge on any atom is -0.497 e. The van der Waals surface area contributed by atoms with Crippen molar-refractivity contribution in [3.05, 3.63) is 59.0 Å². The molecule has 168 valence electrons. The van der Waals surface area contributed by atoms with E-state index in [4.69, 9.17) is 4.74 Å². The molecular weight excluding hydrogens is 406 g/mol. The van der Waals surface area contributed by atoms with Crippen LogP contribution in [0.4, 0.5) is 0 Å². The Morgan fingerprint density at radius 2 is 1.75 bits per heavy atom. The van der Waals surface area contributed by atoms with Crippen molar-refractivity contribution in [2.45, 2.75) is 33.1 Å². The van der Waals surface area contributed by atoms with Gasteiger partial charge in [-0.15, -0.1) is 0 Å². The third kappa shape index (κ3) is 4.59. The van der Waals surface area contributed by atoms with Crippen LogP contribution in [0.5, 0.6) is 5.75 Å². The number of aromatic nitrogens is 3. The molecule has 4 rings (SSSR count). The van der Waals surface area contributed by atoms with E-state index in [1.807, 2.05) is 54.0 Å². The maximum atomic E-state index is 13.2. The quantitative estimate of drug-likeness (QED) is 0.616. The van der Waals surface area contributed by atoms with Gasteiger partial charge in [0.15, 0.2) is 5.65 Å². The third-order valence-corrected chi connectivity index (χ3v) is 5.93. The summed E-state index contributed by atoms with van der Waals surface area (Å²) < 4.78 is 6.88. The largest absolute Gasteiger partial charge is 0.497 e. The van der Waals surface area contributed by atoms with Gasteiger partial charge in [-0.3, -0.25) is 9.59 Å². The summed E-state index contributed by atoms with van der Waals surface area (Å²) in [6.07, 6.45) is 3.50. The summed E-state index contributed by atoms with van der Waals surface area (Å²) in [5.41, 5.74) is 4.00. The molecule has 0 atom stereocenters. The molecule has 1 aliphatic heterocycles. The van der Waals surface area contributed by atoms with Gasteiger partial charge in [-0.05, 0) is 50.5 Å². The summed E-state index contributed by atoms with van der Waals surface area (Å²) in [5, 5.41) is 4.34. The van der Waals surface area contributed by atoms with E-state index in [0.717, 1.165) is 29.1 Å². The van der Waals surface area contributed by atoms with Gasteiger partial charge in [0, 0.05) is 44.0 Å². The Balaban J connectivity index is 1.37. The molecular formula is C24H29N5O3. The molecule has 3 heterocycles. The standard InChI is InChI=1S/C24H29N5O3/c1-17-15-18(2)29-23(26-17)21(16-25-29)24(31)28-12-4-11-27(13-14-28)22(30)10-7-19-5-8-20(32-3)9-6-19/h5-6,8-9,15-16H,4,7,10-14H2,1-3H3. The summed E-state index contributed by atoms with van der Waals surface area (Å²) in [6, 6.07) is 9.74. The van der Waals surface area contributed by atoms with Crippen LogP contribution in [0.3, 0.4) is 0 Å². The zero-order chi connectivity index (χ0) is 22.7. The highest BCUT2D eigenvalue weighted by molar-refractivity contribution is 5.99. The van der Waals surface area contributed by atoms with Gasteiger partial charge in [-0.1, -0.05) is 12.1 Å². The molecule has 3 aromatic rings. The summed E-state index contributed by atoms with van der Waals surface area (Å²) >= 11 is 0. The molecule has 1 aromatic carbocycles. The molecule has 0 aliphatic carbocycles. The molecule has 1 saturated heterocycles. The zero-order valence-corrected chi connectivity index (χ0v) is 18.9. The predicted octanol–water partition coefficient (Wildman–Crippen LogP) is 2.66. The van der Waals surface area contributed by atoms with E-state index in [9.17, 15) is 9.59 Å². The first-order chi connectivity index (χ1) is 15.5. The number of nitrogens with zero attached hydrogens (tertiary/aromatic N) is 5. The highest BCUT2D eigenvalue weighted by atomic mass is 16.5. The van der Waals surface area contributed by atoms with Crippen molar-refractivity contribution in [3.8, 4) is 5.75 Å². The molecule has 0 saturated carbocycles. The number of amides is 2. The molecule has 1 fully saturated rings. The average molecular weight is 436 g/mol. The van der Waals surface area contributed by atoms with Gasteiger partial charge in [0.05, 0.1) is 13.3 Å². The molecule has 0 bridgehead atoms. The van der Waals surface area contributed by atoms with Crippen molar-refractivity contribution in [2.24, 2.45) is 0 Å². The Bertz CT molecular complexity index is 1120. The number of fused-ring (bicyclic) bond motifs is 1. The van der Waals surface area contributed by atoms with E-state index >= 15 is 0 Å². The lowest BCUT2D eigenvalue weighted by Crippen LogP contribution is -2.37. The molecule has 2 amide bonds. The van der Waals surface area contributed by atoms with Crippen LogP contribution >= 0.6 is 0 Å². The second kappa shape index (κ2) is 9.38. The molecule has 0 unspecified atom stereocenters. The first-order valence-corrected chi connectivity index (χ1v) is 11.0. The number of carbonyl (C=O) groups excluding carboxylic acids is 2. The van der Waals surface area contributed by atoms with Crippen LogP contribution in [0.25, 0.3) is 5.65 Å². The highest BCUT2D eigenvalue weighted by Crippen LogP contribution is 2.17. The van der Waals surface area contributed by atoms with Crippen LogP contribution in [-0.4, -0.2) is 69.5 Å². The van der Waals surface area contributed by atoms with Crippen molar-refractivity contribution in [3.63, 3.8) is 0 Å². The summed E-state index contributed by atoms with van der Waals surface area (Å²) in [6.45, 7) is 6.19. The van der Waals surface area contributed by atoms with Crippen LogP contribution in [0.2, 0.25) is 0 Å². The molecule has 1 aliphatic rings. The van der Waals surface area contributed by atoms with E-state index in [1.165, 1.54) is 0 Å². The lowest BCUT2D eigenvalue weighted by Gasteiger charge is -2.22. The summed E-state index contributed by atoms with van der Waals surface area (Å²) in [4.78, 5) is 34.2. The number of hydrogen-bond donors (Lipinski definition) is 0. The van der Waals surface area contributed by atoms with E-state index in [2.05, 4.69) is 10.1 Å². The Labute approximate surface area is 187 Å². The van der Waals surface area contributed by atoms with Gasteiger partial charge in [-0.25, -0.2) is 9.50 Å². The van der Waals surface area contributed by atoms with Crippen LogP contribution in [0.15, 0.2) is 36.5 Å². The van der Waals surface area contributed by atoms with E-state index in [-0.39, 0.29) is 11.8 Å². The number of carbonyl (C=O) groups is 2. The lowest BCUT2D eigenvalue weighted by molar-refractivity contribution is -0.131. The first-order valence-electron chi connectivity index (χ1n) is 11.0. The maximum Gasteiger partial charge on any atom is 0.259 e. The fourth-order valence-electron chi connectivity index (χ4n) is 4.16. The van der Waals surface area contributed by atoms with Gasteiger partial charge in [0.2, 0.25) is 5.91 Å². The van der Waals surface area contributed by atoms with Crippen molar-refractivity contribution < 1.29 is 14.3 Å². The molecule has 32 heavy (non-hydrogen) atoms. The normalized spacial score (nSPS) is 14.5. The highest BCUT2D eigenvalue weighted by Gasteiger charge is 2.25. The molecule has 8 heteroatoms. The fraction of sp³-hybridized carbons (Fsp3) is 0.417. The first kappa shape index (κ1) is 21.8. The van der Waals surface area contributed by atoms with Gasteiger partial charge in [0.25, 0.3) is 5.91 Å². The maximum absolute atomic E-state index is 13.2. The minimum absolute atomic E-state index is 0.0787. The average Bonchev–Trinajstić information content (AvgIpc) is 3.06. The Morgan fingerprint density at radius 3 is 2.50 bits per heavy atom. The van der Waals surface area contributed by atoms with Gasteiger partial charge in [0.1, 0.15) is 11.3 Å². The second-order valence-electron chi connectivity index (χ2n) is 8.21. The monoisotopic (exact) mass is 435 g/mol. The molecule has 2 aromatic heterocycles. The van der Waals surface area contributed by atoms with Crippen LogP contribution < -0.4 is 4.74 Å². The SMILES string of the molecule is COc1ccc(CCC(=O)N2CCCN(C(=O)c3cnn4c(C)cc(C)nc34)CC2)cc1. The number of hydrogen-bond acceptors (Lipinski definition) is 5. The second-order valence-corrected chi connectivity index (χ2v) is 8.21. The van der Waals surface area contributed by atoms with Crippen molar-refractivity contribution in [1.82, 2.24) is 24.4 Å². The Morgan fingerprint density at radius 1 is 1.03 bits per heavy atom. The molecule has 8 nitrogen and oxygen atoms in total. The minimum atomic E-state index is -0.0787. The van der Waals surface area contributed by atoms with Gasteiger partial charge in [-0.2, -0.15) is 5.10 Å². The fourth-order valence-corrected chi connectivity index (χ4v) is 4.16. The smallest absolute Gasteiger partial charge is 0.259 e. The van der Waals surface area contributed by atoms with Crippen LogP contribution in [0.1, 0.15) is 40.2 Å². The summed E-state index contributed by atoms with van der Waals surface area (Å²) in [7, 11) is 1.64. The van der Waals surface area contributed by atoms with Crippen molar-refractivity contribution >= 4 is 17.5 Å². The van der Waals surface area contributed by atoms with E-state index in [1.54, 1.807) is 17.8 Å². The number of aryl methyl sites for hydroxylation is 3. The van der Waals surface area contributed by atoms with Crippen molar-refractivity contribution in [2.75, 3.05) is 33.3 Å².